The summed E-state index contributed by atoms with van der Waals surface area (Å²) in [5, 5.41) is 10.9. The van der Waals surface area contributed by atoms with Crippen LogP contribution in [0.5, 0.6) is 0 Å². The predicted octanol–water partition coefficient (Wildman–Crippen LogP) is 4.43. The molecule has 2 aromatic carbocycles. The van der Waals surface area contributed by atoms with Gasteiger partial charge < -0.3 is 10.6 Å². The van der Waals surface area contributed by atoms with Crippen molar-refractivity contribution in [2.24, 2.45) is 5.92 Å². The molecule has 0 aliphatic carbocycles. The highest BCUT2D eigenvalue weighted by Crippen LogP contribution is 2.27. The first-order chi connectivity index (χ1) is 11.5. The summed E-state index contributed by atoms with van der Waals surface area (Å²) in [7, 11) is 0. The third kappa shape index (κ3) is 3.77. The fourth-order valence-electron chi connectivity index (χ4n) is 2.20. The highest BCUT2D eigenvalue weighted by molar-refractivity contribution is 7.80. The van der Waals surface area contributed by atoms with Gasteiger partial charge in [0.2, 0.25) is 5.91 Å². The largest absolute Gasteiger partial charge is 0.308 e. The third-order valence-corrected chi connectivity index (χ3v) is 4.49. The van der Waals surface area contributed by atoms with E-state index in [9.17, 15) is 4.79 Å². The van der Waals surface area contributed by atoms with E-state index in [4.69, 9.17) is 12.2 Å². The van der Waals surface area contributed by atoms with Gasteiger partial charge in [-0.15, -0.1) is 11.3 Å². The average Bonchev–Trinajstić information content (AvgIpc) is 3.02. The summed E-state index contributed by atoms with van der Waals surface area (Å²) in [5.41, 5.74) is 1.93. The lowest BCUT2D eigenvalue weighted by molar-refractivity contribution is -0.122. The van der Waals surface area contributed by atoms with Crippen LogP contribution in [0, 0.1) is 5.92 Å². The molecule has 0 saturated carbocycles. The fraction of sp³-hybridized carbons (Fsp3) is 0.167. The molecule has 0 bridgehead atoms. The summed E-state index contributed by atoms with van der Waals surface area (Å²) < 4.78 is 0. The maximum atomic E-state index is 11.6. The van der Waals surface area contributed by atoms with Gasteiger partial charge in [0.25, 0.3) is 0 Å². The zero-order valence-electron chi connectivity index (χ0n) is 13.4. The van der Waals surface area contributed by atoms with E-state index >= 15 is 0 Å². The minimum absolute atomic E-state index is 0.112. The van der Waals surface area contributed by atoms with Gasteiger partial charge >= 0.3 is 0 Å². The Labute approximate surface area is 149 Å². The molecule has 1 heterocycles. The minimum atomic E-state index is -0.116. The first kappa shape index (κ1) is 16.5. The lowest BCUT2D eigenvalue weighted by atomic mass is 10.1. The lowest BCUT2D eigenvalue weighted by Crippen LogP contribution is -2.36. The number of hydrogen-bond acceptors (Lipinski definition) is 4. The smallest absolute Gasteiger partial charge is 0.228 e. The molecule has 3 rings (SSSR count). The maximum absolute atomic E-state index is 11.6. The molecule has 1 amide bonds. The molecule has 3 aromatic rings. The molecular formula is C18H17N3OS2. The molecule has 122 valence electrons. The Morgan fingerprint density at radius 3 is 2.67 bits per heavy atom. The van der Waals surface area contributed by atoms with E-state index in [1.807, 2.05) is 31.4 Å². The molecule has 1 aromatic heterocycles. The topological polar surface area (TPSA) is 54.0 Å². The second kappa shape index (κ2) is 7.07. The van der Waals surface area contributed by atoms with Crippen molar-refractivity contribution in [3.8, 4) is 11.3 Å². The second-order valence-electron chi connectivity index (χ2n) is 5.70. The van der Waals surface area contributed by atoms with E-state index < -0.39 is 0 Å². The Bertz CT molecular complexity index is 902. The predicted molar refractivity (Wildman–Crippen MR) is 104 cm³/mol. The quantitative estimate of drug-likeness (QED) is 0.682. The Morgan fingerprint density at radius 2 is 1.92 bits per heavy atom. The number of nitrogens with one attached hydrogen (secondary N) is 2. The molecule has 4 nitrogen and oxygen atoms in total. The SMILES string of the molecule is CC(C)C(=O)NC(=S)Nc1nc(-c2ccc3ccccc3c2)cs1. The molecule has 0 unspecified atom stereocenters. The zero-order valence-corrected chi connectivity index (χ0v) is 15.0. The van der Waals surface area contributed by atoms with Crippen LogP contribution >= 0.6 is 23.6 Å². The van der Waals surface area contributed by atoms with E-state index in [1.165, 1.54) is 22.1 Å². The number of anilines is 1. The van der Waals surface area contributed by atoms with Crippen molar-refractivity contribution in [3.05, 3.63) is 47.8 Å². The van der Waals surface area contributed by atoms with Crippen molar-refractivity contribution in [2.75, 3.05) is 5.32 Å². The van der Waals surface area contributed by atoms with Crippen LogP contribution in [-0.4, -0.2) is 16.0 Å². The Kier molecular flexibility index (Phi) is 4.87. The van der Waals surface area contributed by atoms with Crippen LogP contribution in [0.25, 0.3) is 22.0 Å². The number of nitrogens with zero attached hydrogens (tertiary/aromatic N) is 1. The number of rotatable bonds is 3. The molecule has 0 atom stereocenters. The molecule has 6 heteroatoms. The van der Waals surface area contributed by atoms with Crippen LogP contribution in [0.2, 0.25) is 0 Å². The molecule has 0 spiro atoms. The third-order valence-electron chi connectivity index (χ3n) is 3.53. The van der Waals surface area contributed by atoms with E-state index in [-0.39, 0.29) is 16.9 Å². The number of hydrogen-bond donors (Lipinski definition) is 2. The molecule has 0 aliphatic rings. The number of amides is 1. The van der Waals surface area contributed by atoms with Crippen molar-refractivity contribution in [3.63, 3.8) is 0 Å². The van der Waals surface area contributed by atoms with Gasteiger partial charge in [-0.1, -0.05) is 50.2 Å². The summed E-state index contributed by atoms with van der Waals surface area (Å²) >= 11 is 6.60. The van der Waals surface area contributed by atoms with Crippen LogP contribution in [0.4, 0.5) is 5.13 Å². The Balaban J connectivity index is 1.74. The second-order valence-corrected chi connectivity index (χ2v) is 6.96. The van der Waals surface area contributed by atoms with Crippen LogP contribution in [0.1, 0.15) is 13.8 Å². The number of thiocarbonyl (C=S) groups is 1. The lowest BCUT2D eigenvalue weighted by Gasteiger charge is -2.08. The van der Waals surface area contributed by atoms with Crippen molar-refractivity contribution < 1.29 is 4.79 Å². The summed E-state index contributed by atoms with van der Waals surface area (Å²) in [4.78, 5) is 16.2. The van der Waals surface area contributed by atoms with Crippen molar-refractivity contribution >= 4 is 50.5 Å². The number of thiazole rings is 1. The summed E-state index contributed by atoms with van der Waals surface area (Å²) in [6.07, 6.45) is 0. The number of aromatic nitrogens is 1. The highest BCUT2D eigenvalue weighted by atomic mass is 32.1. The Hall–Kier alpha value is -2.31. The molecule has 24 heavy (non-hydrogen) atoms. The van der Waals surface area contributed by atoms with Crippen LogP contribution in [-0.2, 0) is 4.79 Å². The molecule has 2 N–H and O–H groups in total. The highest BCUT2D eigenvalue weighted by Gasteiger charge is 2.11. The number of carbonyl (C=O) groups is 1. The van der Waals surface area contributed by atoms with Crippen molar-refractivity contribution in [2.45, 2.75) is 13.8 Å². The number of carbonyl (C=O) groups excluding carboxylic acids is 1. The van der Waals surface area contributed by atoms with Gasteiger partial charge in [-0.05, 0) is 29.1 Å². The van der Waals surface area contributed by atoms with E-state index in [2.05, 4.69) is 45.9 Å². The zero-order chi connectivity index (χ0) is 17.1. The molecule has 0 radical (unpaired) electrons. The number of benzene rings is 2. The van der Waals surface area contributed by atoms with Crippen LogP contribution in [0.15, 0.2) is 47.8 Å². The van der Waals surface area contributed by atoms with Crippen molar-refractivity contribution in [1.82, 2.24) is 10.3 Å². The van der Waals surface area contributed by atoms with Gasteiger partial charge in [-0.3, -0.25) is 4.79 Å². The summed E-state index contributed by atoms with van der Waals surface area (Å²) in [5.74, 6) is -0.229. The normalized spacial score (nSPS) is 10.8. The van der Waals surface area contributed by atoms with Gasteiger partial charge in [-0.2, -0.15) is 0 Å². The van der Waals surface area contributed by atoms with Gasteiger partial charge in [0.05, 0.1) is 5.69 Å². The molecular weight excluding hydrogens is 338 g/mol. The minimum Gasteiger partial charge on any atom is -0.308 e. The van der Waals surface area contributed by atoms with Gasteiger partial charge in [-0.25, -0.2) is 4.98 Å². The molecule has 0 aliphatic heterocycles. The van der Waals surface area contributed by atoms with Crippen molar-refractivity contribution in [1.29, 1.82) is 0 Å². The van der Waals surface area contributed by atoms with Crippen LogP contribution in [0.3, 0.4) is 0 Å². The number of fused-ring (bicyclic) bond motifs is 1. The molecule has 0 fully saturated rings. The average molecular weight is 355 g/mol. The summed E-state index contributed by atoms with van der Waals surface area (Å²) in [6, 6.07) is 14.5. The van der Waals surface area contributed by atoms with E-state index in [0.717, 1.165) is 11.3 Å². The summed E-state index contributed by atoms with van der Waals surface area (Å²) in [6.45, 7) is 3.64. The van der Waals surface area contributed by atoms with Gasteiger partial charge in [0, 0.05) is 16.9 Å². The van der Waals surface area contributed by atoms with E-state index in [0.29, 0.717) is 5.13 Å². The standard InChI is InChI=1S/C18H17N3OS2/c1-11(2)16(22)20-17(23)21-18-19-15(10-24-18)14-8-7-12-5-3-4-6-13(12)9-14/h3-11H,1-2H3,(H2,19,20,21,22,23). The van der Waals surface area contributed by atoms with Gasteiger partial charge in [0.15, 0.2) is 10.2 Å². The Morgan fingerprint density at radius 1 is 1.17 bits per heavy atom. The first-order valence-corrected chi connectivity index (χ1v) is 8.88. The molecule has 0 saturated heterocycles. The first-order valence-electron chi connectivity index (χ1n) is 7.59. The van der Waals surface area contributed by atoms with Gasteiger partial charge in [0.1, 0.15) is 0 Å². The fourth-order valence-corrected chi connectivity index (χ4v) is 3.18. The van der Waals surface area contributed by atoms with Crippen LogP contribution < -0.4 is 10.6 Å². The maximum Gasteiger partial charge on any atom is 0.228 e. The van der Waals surface area contributed by atoms with E-state index in [1.54, 1.807) is 0 Å². The monoisotopic (exact) mass is 355 g/mol.